The molecule has 156 valence electrons. The van der Waals surface area contributed by atoms with E-state index in [2.05, 4.69) is 73.9 Å². The highest BCUT2D eigenvalue weighted by molar-refractivity contribution is 14.1. The van der Waals surface area contributed by atoms with Crippen LogP contribution in [0, 0.1) is 34.5 Å². The number of amides is 2. The van der Waals surface area contributed by atoms with Crippen LogP contribution in [0.1, 0.15) is 73.1 Å². The molecule has 4 rings (SSSR count). The first-order valence-corrected chi connectivity index (χ1v) is 12.0. The van der Waals surface area contributed by atoms with Crippen molar-refractivity contribution in [3.8, 4) is 0 Å². The van der Waals surface area contributed by atoms with Crippen LogP contribution in [0.2, 0.25) is 0 Å². The van der Waals surface area contributed by atoms with Crippen LogP contribution in [-0.4, -0.2) is 23.4 Å². The van der Waals surface area contributed by atoms with Gasteiger partial charge in [-0.2, -0.15) is 0 Å². The van der Waals surface area contributed by atoms with Gasteiger partial charge in [-0.3, -0.25) is 9.59 Å². The summed E-state index contributed by atoms with van der Waals surface area (Å²) in [7, 11) is 0. The van der Waals surface area contributed by atoms with Crippen LogP contribution in [0.3, 0.4) is 0 Å². The minimum atomic E-state index is -0.171. The summed E-state index contributed by atoms with van der Waals surface area (Å²) in [5.41, 5.74) is 0.00493. The minimum absolute atomic E-state index is 0.0560. The average Bonchev–Trinajstić information content (AvgIpc) is 2.92. The highest BCUT2D eigenvalue weighted by atomic mass is 127. The number of halogens is 1. The van der Waals surface area contributed by atoms with Crippen LogP contribution in [-0.2, 0) is 9.59 Å². The lowest BCUT2D eigenvalue weighted by atomic mass is 9.48. The predicted octanol–water partition coefficient (Wildman–Crippen LogP) is 4.58. The molecule has 4 aliphatic rings. The molecule has 1 aliphatic heterocycles. The van der Waals surface area contributed by atoms with Crippen molar-refractivity contribution in [3.63, 3.8) is 0 Å². The van der Waals surface area contributed by atoms with Crippen molar-refractivity contribution in [1.29, 1.82) is 0 Å². The third-order valence-electron chi connectivity index (χ3n) is 8.55. The van der Waals surface area contributed by atoms with Gasteiger partial charge in [0.2, 0.25) is 5.91 Å². The maximum absolute atomic E-state index is 13.1. The van der Waals surface area contributed by atoms with Crippen LogP contribution in [0.5, 0.6) is 0 Å². The van der Waals surface area contributed by atoms with Gasteiger partial charge in [-0.25, -0.2) is 0 Å². The molecular weight excluding hydrogens is 463 g/mol. The van der Waals surface area contributed by atoms with E-state index < -0.39 is 0 Å². The zero-order chi connectivity index (χ0) is 20.5. The largest absolute Gasteiger partial charge is 0.351 e. The second-order valence-electron chi connectivity index (χ2n) is 11.3. The Hall–Kier alpha value is -0.590. The topological polar surface area (TPSA) is 58.2 Å². The zero-order valence-corrected chi connectivity index (χ0v) is 20.1. The Labute approximate surface area is 183 Å². The summed E-state index contributed by atoms with van der Waals surface area (Å²) in [6.07, 6.45) is 9.01. The summed E-state index contributed by atoms with van der Waals surface area (Å²) in [4.78, 5) is 25.3. The fourth-order valence-electron chi connectivity index (χ4n) is 7.28. The molecule has 3 saturated carbocycles. The lowest BCUT2D eigenvalue weighted by Crippen LogP contribution is -2.60. The fraction of sp³-hybridized carbons (Fsp3) is 0.826. The highest BCUT2D eigenvalue weighted by Gasteiger charge is 2.61. The molecule has 0 aromatic rings. The van der Waals surface area contributed by atoms with Gasteiger partial charge in [-0.1, -0.05) is 19.9 Å². The Bertz CT molecular complexity index is 727. The molecule has 7 atom stereocenters. The number of rotatable bonds is 1. The molecule has 3 aliphatic carbocycles. The number of carbonyl (C=O) groups is 2. The second-order valence-corrected chi connectivity index (χ2v) is 12.4. The van der Waals surface area contributed by atoms with E-state index in [9.17, 15) is 9.59 Å². The summed E-state index contributed by atoms with van der Waals surface area (Å²) < 4.78 is 0.846. The molecule has 2 N–H and O–H groups in total. The van der Waals surface area contributed by atoms with Crippen molar-refractivity contribution >= 4 is 34.4 Å². The molecule has 0 spiro atoms. The molecule has 28 heavy (non-hydrogen) atoms. The molecule has 1 heterocycles. The monoisotopic (exact) mass is 498 g/mol. The van der Waals surface area contributed by atoms with Gasteiger partial charge in [-0.15, -0.1) is 0 Å². The third-order valence-corrected chi connectivity index (χ3v) is 9.35. The number of nitrogens with one attached hydrogen (secondary N) is 2. The van der Waals surface area contributed by atoms with Crippen molar-refractivity contribution in [2.75, 3.05) is 0 Å². The Balaban J connectivity index is 1.60. The van der Waals surface area contributed by atoms with Gasteiger partial charge in [0, 0.05) is 22.9 Å². The van der Waals surface area contributed by atoms with E-state index in [1.54, 1.807) is 0 Å². The maximum atomic E-state index is 13.1. The first kappa shape index (κ1) is 20.7. The van der Waals surface area contributed by atoms with Crippen molar-refractivity contribution in [2.24, 2.45) is 34.5 Å². The van der Waals surface area contributed by atoms with Gasteiger partial charge in [0.05, 0.1) is 3.58 Å². The van der Waals surface area contributed by atoms with Crippen LogP contribution >= 0.6 is 22.6 Å². The van der Waals surface area contributed by atoms with Gasteiger partial charge in [0.25, 0.3) is 5.91 Å². The Kier molecular flexibility index (Phi) is 4.95. The molecule has 0 radical (unpaired) electrons. The molecule has 0 saturated heterocycles. The van der Waals surface area contributed by atoms with E-state index in [1.807, 2.05) is 0 Å². The second kappa shape index (κ2) is 6.71. The average molecular weight is 498 g/mol. The van der Waals surface area contributed by atoms with E-state index in [0.29, 0.717) is 17.8 Å². The smallest absolute Gasteiger partial charge is 0.257 e. The van der Waals surface area contributed by atoms with Gasteiger partial charge in [0.15, 0.2) is 0 Å². The van der Waals surface area contributed by atoms with E-state index >= 15 is 0 Å². The Morgan fingerprint density at radius 1 is 1.14 bits per heavy atom. The van der Waals surface area contributed by atoms with Crippen molar-refractivity contribution in [1.82, 2.24) is 10.6 Å². The summed E-state index contributed by atoms with van der Waals surface area (Å²) in [5, 5.41) is 6.54. The molecular formula is C23H35IN2O2. The summed E-state index contributed by atoms with van der Waals surface area (Å²) >= 11 is 2.20. The first-order chi connectivity index (χ1) is 13.0. The molecule has 4 nitrogen and oxygen atoms in total. The van der Waals surface area contributed by atoms with Crippen LogP contribution < -0.4 is 10.6 Å². The summed E-state index contributed by atoms with van der Waals surface area (Å²) in [5.74, 6) is 2.41. The van der Waals surface area contributed by atoms with Crippen LogP contribution in [0.15, 0.2) is 9.66 Å². The fourth-order valence-corrected chi connectivity index (χ4v) is 8.11. The van der Waals surface area contributed by atoms with Gasteiger partial charge >= 0.3 is 0 Å². The van der Waals surface area contributed by atoms with Crippen LogP contribution in [0.25, 0.3) is 0 Å². The quantitative estimate of drug-likeness (QED) is 0.521. The van der Waals surface area contributed by atoms with Crippen LogP contribution in [0.4, 0.5) is 0 Å². The van der Waals surface area contributed by atoms with Crippen molar-refractivity contribution in [2.45, 2.75) is 84.7 Å². The van der Waals surface area contributed by atoms with E-state index in [4.69, 9.17) is 0 Å². The standard InChI is InChI=1S/C23H35IN2O2/c1-21(2,3)26-19(27)16-8-7-14-13-6-9-18-23(5,12-17(24)20(28)25-18)15(13)10-11-22(14,16)4/h12-16,18H,6-11H2,1-5H3,(H,25,28)(H,26,27)/t13-,14-,15+,16?,18?,22-,23+/m0/s1. The van der Waals surface area contributed by atoms with Crippen molar-refractivity contribution < 1.29 is 9.59 Å². The Morgan fingerprint density at radius 2 is 1.86 bits per heavy atom. The molecule has 2 amide bonds. The number of carbonyl (C=O) groups excluding carboxylic acids is 2. The summed E-state index contributed by atoms with van der Waals surface area (Å²) in [6.45, 7) is 11.0. The first-order valence-electron chi connectivity index (χ1n) is 11.0. The Morgan fingerprint density at radius 3 is 2.54 bits per heavy atom. The lowest BCUT2D eigenvalue weighted by Gasteiger charge is -2.59. The highest BCUT2D eigenvalue weighted by Crippen LogP contribution is 2.65. The van der Waals surface area contributed by atoms with Crippen molar-refractivity contribution in [3.05, 3.63) is 9.66 Å². The van der Waals surface area contributed by atoms with E-state index in [1.165, 1.54) is 19.3 Å². The number of fused-ring (bicyclic) bond motifs is 5. The molecule has 3 fully saturated rings. The number of hydrogen-bond acceptors (Lipinski definition) is 2. The lowest BCUT2D eigenvalue weighted by molar-refractivity contribution is -0.135. The third kappa shape index (κ3) is 3.14. The number of hydrogen-bond donors (Lipinski definition) is 2. The SMILES string of the molecule is CC(C)(C)NC(=O)C1CC[C@H]2[C@@H]3CCC4NC(=O)C(I)=C[C@]4(C)[C@@H]3CC[C@]12C. The molecule has 0 bridgehead atoms. The summed E-state index contributed by atoms with van der Waals surface area (Å²) in [6, 6.07) is 0.269. The zero-order valence-electron chi connectivity index (χ0n) is 17.9. The molecule has 0 aromatic heterocycles. The molecule has 2 unspecified atom stereocenters. The van der Waals surface area contributed by atoms with Gasteiger partial charge < -0.3 is 10.6 Å². The van der Waals surface area contributed by atoms with E-state index in [-0.39, 0.29) is 40.1 Å². The minimum Gasteiger partial charge on any atom is -0.351 e. The normalized spacial score (nSPS) is 45.3. The van der Waals surface area contributed by atoms with Gasteiger partial charge in [0.1, 0.15) is 0 Å². The molecule has 5 heteroatoms. The molecule has 0 aromatic carbocycles. The van der Waals surface area contributed by atoms with E-state index in [0.717, 1.165) is 22.8 Å². The van der Waals surface area contributed by atoms with Gasteiger partial charge in [-0.05, 0) is 105 Å². The predicted molar refractivity (Wildman–Crippen MR) is 120 cm³/mol. The maximum Gasteiger partial charge on any atom is 0.257 e.